The fourth-order valence-corrected chi connectivity index (χ4v) is 2.61. The fourth-order valence-electron chi connectivity index (χ4n) is 2.61. The van der Waals surface area contributed by atoms with Crippen molar-refractivity contribution in [3.8, 4) is 22.7 Å². The SMILES string of the molecule is C=CCNCC(=O)Nc1nc(-c2ccc(OC)cc2)cn1-c1ccccc1. The molecule has 0 fully saturated rings. The van der Waals surface area contributed by atoms with Gasteiger partial charge in [-0.2, -0.15) is 0 Å². The maximum absolute atomic E-state index is 12.2. The molecule has 0 aliphatic heterocycles. The van der Waals surface area contributed by atoms with Crippen LogP contribution in [0.5, 0.6) is 5.75 Å². The molecule has 0 radical (unpaired) electrons. The molecule has 2 N–H and O–H groups in total. The van der Waals surface area contributed by atoms with Gasteiger partial charge in [-0.25, -0.2) is 4.98 Å². The molecule has 1 amide bonds. The van der Waals surface area contributed by atoms with E-state index in [-0.39, 0.29) is 12.5 Å². The smallest absolute Gasteiger partial charge is 0.240 e. The molecule has 0 aliphatic rings. The van der Waals surface area contributed by atoms with Crippen molar-refractivity contribution in [3.05, 3.63) is 73.4 Å². The highest BCUT2D eigenvalue weighted by Crippen LogP contribution is 2.25. The van der Waals surface area contributed by atoms with Crippen molar-refractivity contribution in [1.29, 1.82) is 0 Å². The van der Waals surface area contributed by atoms with Gasteiger partial charge in [0, 0.05) is 24.0 Å². The van der Waals surface area contributed by atoms with Crippen molar-refractivity contribution in [1.82, 2.24) is 14.9 Å². The molecule has 0 unspecified atom stereocenters. The zero-order valence-corrected chi connectivity index (χ0v) is 15.2. The minimum absolute atomic E-state index is 0.166. The Morgan fingerprint density at radius 1 is 1.19 bits per heavy atom. The number of benzene rings is 2. The van der Waals surface area contributed by atoms with E-state index in [1.807, 2.05) is 65.4 Å². The van der Waals surface area contributed by atoms with Gasteiger partial charge in [-0.3, -0.25) is 14.7 Å². The van der Waals surface area contributed by atoms with E-state index < -0.39 is 0 Å². The molecular formula is C21H22N4O2. The van der Waals surface area contributed by atoms with Gasteiger partial charge in [-0.05, 0) is 36.4 Å². The first kappa shape index (κ1) is 18.4. The van der Waals surface area contributed by atoms with Gasteiger partial charge in [0.1, 0.15) is 5.75 Å². The zero-order valence-electron chi connectivity index (χ0n) is 15.2. The van der Waals surface area contributed by atoms with Crippen LogP contribution in [0.25, 0.3) is 16.9 Å². The number of nitrogens with one attached hydrogen (secondary N) is 2. The molecule has 0 spiro atoms. The first-order chi connectivity index (χ1) is 13.2. The second-order valence-electron chi connectivity index (χ2n) is 5.85. The summed E-state index contributed by atoms with van der Waals surface area (Å²) in [5.74, 6) is 1.08. The van der Waals surface area contributed by atoms with Gasteiger partial charge in [0.2, 0.25) is 11.9 Å². The minimum Gasteiger partial charge on any atom is -0.497 e. The summed E-state index contributed by atoms with van der Waals surface area (Å²) in [4.78, 5) is 16.8. The number of carbonyl (C=O) groups is 1. The third-order valence-electron chi connectivity index (χ3n) is 3.95. The number of imidazole rings is 1. The van der Waals surface area contributed by atoms with Crippen molar-refractivity contribution >= 4 is 11.9 Å². The standard InChI is InChI=1S/C21H22N4O2/c1-3-13-22-14-20(26)24-21-23-19(16-9-11-18(27-2)12-10-16)15-25(21)17-7-5-4-6-8-17/h3-12,15,22H,1,13-14H2,2H3,(H,23,24,26). The summed E-state index contributed by atoms with van der Waals surface area (Å²) in [5.41, 5.74) is 2.61. The normalized spacial score (nSPS) is 10.4. The molecule has 0 aliphatic carbocycles. The van der Waals surface area contributed by atoms with E-state index in [0.717, 1.165) is 22.7 Å². The lowest BCUT2D eigenvalue weighted by molar-refractivity contribution is -0.115. The largest absolute Gasteiger partial charge is 0.497 e. The number of rotatable bonds is 8. The lowest BCUT2D eigenvalue weighted by Gasteiger charge is -2.08. The van der Waals surface area contributed by atoms with Crippen molar-refractivity contribution in [2.45, 2.75) is 0 Å². The third-order valence-corrected chi connectivity index (χ3v) is 3.95. The number of amides is 1. The molecular weight excluding hydrogens is 340 g/mol. The van der Waals surface area contributed by atoms with Crippen LogP contribution in [0.2, 0.25) is 0 Å². The van der Waals surface area contributed by atoms with Gasteiger partial charge in [-0.15, -0.1) is 6.58 Å². The second-order valence-corrected chi connectivity index (χ2v) is 5.85. The molecule has 0 saturated heterocycles. The molecule has 1 aromatic heterocycles. The number of hydrogen-bond donors (Lipinski definition) is 2. The molecule has 0 atom stereocenters. The molecule has 3 aromatic rings. The lowest BCUT2D eigenvalue weighted by atomic mass is 10.1. The molecule has 27 heavy (non-hydrogen) atoms. The average molecular weight is 362 g/mol. The zero-order chi connectivity index (χ0) is 19.1. The highest BCUT2D eigenvalue weighted by Gasteiger charge is 2.13. The topological polar surface area (TPSA) is 68.2 Å². The molecule has 0 bridgehead atoms. The predicted molar refractivity (Wildman–Crippen MR) is 107 cm³/mol. The van der Waals surface area contributed by atoms with E-state index in [0.29, 0.717) is 12.5 Å². The van der Waals surface area contributed by atoms with E-state index in [4.69, 9.17) is 4.74 Å². The molecule has 138 valence electrons. The van der Waals surface area contributed by atoms with Crippen LogP contribution in [-0.4, -0.2) is 35.7 Å². The van der Waals surface area contributed by atoms with Gasteiger partial charge in [0.25, 0.3) is 0 Å². The molecule has 6 heteroatoms. The minimum atomic E-state index is -0.166. The Morgan fingerprint density at radius 2 is 1.93 bits per heavy atom. The summed E-state index contributed by atoms with van der Waals surface area (Å²) in [6.07, 6.45) is 3.61. The Morgan fingerprint density at radius 3 is 2.59 bits per heavy atom. The lowest BCUT2D eigenvalue weighted by Crippen LogP contribution is -2.29. The van der Waals surface area contributed by atoms with Crippen LogP contribution < -0.4 is 15.4 Å². The van der Waals surface area contributed by atoms with Crippen LogP contribution in [0.3, 0.4) is 0 Å². The first-order valence-corrected chi connectivity index (χ1v) is 8.62. The number of hydrogen-bond acceptors (Lipinski definition) is 4. The summed E-state index contributed by atoms with van der Waals surface area (Å²) < 4.78 is 7.07. The summed E-state index contributed by atoms with van der Waals surface area (Å²) in [5, 5.41) is 5.86. The predicted octanol–water partition coefficient (Wildman–Crippen LogP) is 3.26. The van der Waals surface area contributed by atoms with Crippen LogP contribution in [0.1, 0.15) is 0 Å². The molecule has 0 saturated carbocycles. The van der Waals surface area contributed by atoms with Gasteiger partial charge >= 0.3 is 0 Å². The quantitative estimate of drug-likeness (QED) is 0.477. The molecule has 1 heterocycles. The number of methoxy groups -OCH3 is 1. The number of nitrogens with zero attached hydrogens (tertiary/aromatic N) is 2. The molecule has 3 rings (SSSR count). The Kier molecular flexibility index (Phi) is 6.02. The van der Waals surface area contributed by atoms with Crippen LogP contribution >= 0.6 is 0 Å². The summed E-state index contributed by atoms with van der Waals surface area (Å²) in [6.45, 7) is 4.38. The van der Waals surface area contributed by atoms with E-state index in [2.05, 4.69) is 22.2 Å². The maximum atomic E-state index is 12.2. The summed E-state index contributed by atoms with van der Waals surface area (Å²) in [6, 6.07) is 17.4. The fraction of sp³-hybridized carbons (Fsp3) is 0.143. The van der Waals surface area contributed by atoms with Crippen LogP contribution in [0.15, 0.2) is 73.4 Å². The van der Waals surface area contributed by atoms with Gasteiger partial charge in [0.05, 0.1) is 19.3 Å². The number of ether oxygens (including phenoxy) is 1. The van der Waals surface area contributed by atoms with Crippen LogP contribution in [0, 0.1) is 0 Å². The molecule has 2 aromatic carbocycles. The molecule has 6 nitrogen and oxygen atoms in total. The van der Waals surface area contributed by atoms with Crippen molar-refractivity contribution < 1.29 is 9.53 Å². The number of para-hydroxylation sites is 1. The Hall–Kier alpha value is -3.38. The highest BCUT2D eigenvalue weighted by molar-refractivity contribution is 5.91. The van der Waals surface area contributed by atoms with E-state index in [1.165, 1.54) is 0 Å². The van der Waals surface area contributed by atoms with E-state index in [1.54, 1.807) is 13.2 Å². The van der Waals surface area contributed by atoms with Crippen LogP contribution in [0.4, 0.5) is 5.95 Å². The number of aromatic nitrogens is 2. The second kappa shape index (κ2) is 8.82. The van der Waals surface area contributed by atoms with Gasteiger partial charge < -0.3 is 10.1 Å². The highest BCUT2D eigenvalue weighted by atomic mass is 16.5. The van der Waals surface area contributed by atoms with E-state index in [9.17, 15) is 4.79 Å². The van der Waals surface area contributed by atoms with Crippen molar-refractivity contribution in [2.75, 3.05) is 25.5 Å². The summed E-state index contributed by atoms with van der Waals surface area (Å²) >= 11 is 0. The monoisotopic (exact) mass is 362 g/mol. The first-order valence-electron chi connectivity index (χ1n) is 8.62. The van der Waals surface area contributed by atoms with Crippen LogP contribution in [-0.2, 0) is 4.79 Å². The number of carbonyl (C=O) groups excluding carboxylic acids is 1. The van der Waals surface area contributed by atoms with Crippen molar-refractivity contribution in [3.63, 3.8) is 0 Å². The Labute approximate surface area is 158 Å². The third kappa shape index (κ3) is 4.62. The maximum Gasteiger partial charge on any atom is 0.240 e. The van der Waals surface area contributed by atoms with Gasteiger partial charge in [0.15, 0.2) is 0 Å². The van der Waals surface area contributed by atoms with Crippen molar-refractivity contribution in [2.24, 2.45) is 0 Å². The Balaban J connectivity index is 1.91. The Bertz CT molecular complexity index is 902. The average Bonchev–Trinajstić information content (AvgIpc) is 3.12. The van der Waals surface area contributed by atoms with Gasteiger partial charge in [-0.1, -0.05) is 24.3 Å². The van der Waals surface area contributed by atoms with E-state index >= 15 is 0 Å². The number of anilines is 1. The summed E-state index contributed by atoms with van der Waals surface area (Å²) in [7, 11) is 1.63.